The molecule has 1 aromatic heterocycles. The largest absolute Gasteiger partial charge is 0.469 e. The van der Waals surface area contributed by atoms with Crippen molar-refractivity contribution in [1.82, 2.24) is 9.97 Å². The normalized spacial score (nSPS) is 13.4. The van der Waals surface area contributed by atoms with Crippen molar-refractivity contribution in [2.75, 3.05) is 7.11 Å². The van der Waals surface area contributed by atoms with E-state index in [1.807, 2.05) is 48.5 Å². The van der Waals surface area contributed by atoms with Crippen LogP contribution in [0.4, 0.5) is 0 Å². The fourth-order valence-corrected chi connectivity index (χ4v) is 3.37. The number of halogens is 1. The first-order valence-electron chi connectivity index (χ1n) is 9.39. The molecular weight excluding hydrogens is 372 g/mol. The molecule has 2 aromatic carbocycles. The summed E-state index contributed by atoms with van der Waals surface area (Å²) in [6, 6.07) is 17.8. The van der Waals surface area contributed by atoms with Crippen LogP contribution in [0.5, 0.6) is 0 Å². The summed E-state index contributed by atoms with van der Waals surface area (Å²) in [5.41, 5.74) is 5.13. The third kappa shape index (κ3) is 4.57. The number of carbonyl (C=O) groups is 1. The van der Waals surface area contributed by atoms with Crippen LogP contribution in [-0.2, 0) is 22.4 Å². The van der Waals surface area contributed by atoms with Gasteiger partial charge in [-0.2, -0.15) is 0 Å². The van der Waals surface area contributed by atoms with Crippen molar-refractivity contribution < 1.29 is 9.53 Å². The zero-order valence-electron chi connectivity index (χ0n) is 15.7. The Hall–Kier alpha value is -2.72. The molecule has 0 aliphatic heterocycles. The van der Waals surface area contributed by atoms with Gasteiger partial charge in [-0.15, -0.1) is 0 Å². The Balaban J connectivity index is 1.59. The molecular formula is C23H21ClN2O2. The highest BCUT2D eigenvalue weighted by atomic mass is 35.5. The predicted octanol–water partition coefficient (Wildman–Crippen LogP) is 4.98. The van der Waals surface area contributed by atoms with Crippen LogP contribution in [0.15, 0.2) is 54.6 Å². The number of hydrogen-bond donors (Lipinski definition) is 0. The number of hydrogen-bond acceptors (Lipinski definition) is 4. The number of rotatable bonds is 6. The van der Waals surface area contributed by atoms with Crippen LogP contribution in [0.3, 0.4) is 0 Å². The number of carbonyl (C=O) groups excluding carboxylic acids is 1. The minimum atomic E-state index is -0.233. The number of esters is 1. The van der Waals surface area contributed by atoms with Gasteiger partial charge >= 0.3 is 5.97 Å². The molecule has 0 unspecified atom stereocenters. The first-order chi connectivity index (χ1) is 13.6. The van der Waals surface area contributed by atoms with Gasteiger partial charge in [-0.3, -0.25) is 4.79 Å². The molecule has 0 bridgehead atoms. The van der Waals surface area contributed by atoms with E-state index >= 15 is 0 Å². The maximum Gasteiger partial charge on any atom is 0.309 e. The summed E-state index contributed by atoms with van der Waals surface area (Å²) >= 11 is 6.15. The Morgan fingerprint density at radius 1 is 1.07 bits per heavy atom. The van der Waals surface area contributed by atoms with Crippen molar-refractivity contribution >= 4 is 17.6 Å². The van der Waals surface area contributed by atoms with Crippen LogP contribution in [-0.4, -0.2) is 23.0 Å². The minimum absolute atomic E-state index is 0.233. The molecule has 3 aromatic rings. The Labute approximate surface area is 169 Å². The van der Waals surface area contributed by atoms with Gasteiger partial charge in [0.2, 0.25) is 0 Å². The molecule has 4 nitrogen and oxygen atoms in total. The van der Waals surface area contributed by atoms with Crippen LogP contribution in [0, 0.1) is 0 Å². The average Bonchev–Trinajstić information content (AvgIpc) is 3.54. The quantitative estimate of drug-likeness (QED) is 0.555. The fraction of sp³-hybridized carbons (Fsp3) is 0.261. The predicted molar refractivity (Wildman–Crippen MR) is 109 cm³/mol. The molecule has 1 aliphatic rings. The minimum Gasteiger partial charge on any atom is -0.469 e. The molecule has 0 amide bonds. The molecule has 28 heavy (non-hydrogen) atoms. The average molecular weight is 393 g/mol. The number of aromatic nitrogens is 2. The van der Waals surface area contributed by atoms with E-state index in [4.69, 9.17) is 26.3 Å². The van der Waals surface area contributed by atoms with Gasteiger partial charge in [-0.05, 0) is 42.2 Å². The smallest absolute Gasteiger partial charge is 0.309 e. The van der Waals surface area contributed by atoms with Crippen molar-refractivity contribution in [2.45, 2.75) is 31.6 Å². The van der Waals surface area contributed by atoms with Gasteiger partial charge in [-0.25, -0.2) is 9.97 Å². The summed E-state index contributed by atoms with van der Waals surface area (Å²) in [5, 5.41) is 0.681. The van der Waals surface area contributed by atoms with Gasteiger partial charge in [0.25, 0.3) is 0 Å². The lowest BCUT2D eigenvalue weighted by atomic mass is 10.0. The fourth-order valence-electron chi connectivity index (χ4n) is 3.18. The lowest BCUT2D eigenvalue weighted by Gasteiger charge is -2.09. The molecule has 1 fully saturated rings. The Kier molecular flexibility index (Phi) is 5.40. The maximum absolute atomic E-state index is 11.4. The monoisotopic (exact) mass is 392 g/mol. The zero-order chi connectivity index (χ0) is 19.5. The van der Waals surface area contributed by atoms with E-state index in [1.165, 1.54) is 20.0 Å². The summed E-state index contributed by atoms with van der Waals surface area (Å²) in [4.78, 5) is 21.0. The van der Waals surface area contributed by atoms with E-state index in [0.717, 1.165) is 33.9 Å². The third-order valence-corrected chi connectivity index (χ3v) is 5.10. The Morgan fingerprint density at radius 3 is 2.50 bits per heavy atom. The van der Waals surface area contributed by atoms with Crippen LogP contribution < -0.4 is 0 Å². The Morgan fingerprint density at radius 2 is 1.82 bits per heavy atom. The molecule has 1 heterocycles. The van der Waals surface area contributed by atoms with Crippen LogP contribution in [0.2, 0.25) is 5.02 Å². The standard InChI is InChI=1S/C23H21ClN2O2/c1-28-22(27)12-16-7-5-15(6-8-16)11-20-14-21(17-9-10-17)26-23(25-20)18-3-2-4-19(24)13-18/h2-8,13-14,17H,9-12H2,1H3. The van der Waals surface area contributed by atoms with Gasteiger partial charge < -0.3 is 4.74 Å². The lowest BCUT2D eigenvalue weighted by Crippen LogP contribution is -2.04. The van der Waals surface area contributed by atoms with Crippen molar-refractivity contribution in [3.8, 4) is 11.4 Å². The summed E-state index contributed by atoms with van der Waals surface area (Å²) in [6.07, 6.45) is 3.38. The van der Waals surface area contributed by atoms with E-state index in [-0.39, 0.29) is 12.4 Å². The molecule has 142 valence electrons. The van der Waals surface area contributed by atoms with Crippen LogP contribution in [0.25, 0.3) is 11.4 Å². The zero-order valence-corrected chi connectivity index (χ0v) is 16.4. The number of methoxy groups -OCH3 is 1. The topological polar surface area (TPSA) is 52.1 Å². The molecule has 0 radical (unpaired) electrons. The van der Waals surface area contributed by atoms with Crippen molar-refractivity contribution in [3.05, 3.63) is 82.1 Å². The second kappa shape index (κ2) is 8.11. The van der Waals surface area contributed by atoms with E-state index in [1.54, 1.807) is 0 Å². The van der Waals surface area contributed by atoms with Gasteiger partial charge in [0.1, 0.15) is 0 Å². The van der Waals surface area contributed by atoms with Gasteiger partial charge in [0.15, 0.2) is 5.82 Å². The van der Waals surface area contributed by atoms with Gasteiger partial charge in [-0.1, -0.05) is 48.0 Å². The third-order valence-electron chi connectivity index (χ3n) is 4.86. The molecule has 0 saturated heterocycles. The summed E-state index contributed by atoms with van der Waals surface area (Å²) in [7, 11) is 1.40. The Bertz CT molecular complexity index is 998. The van der Waals surface area contributed by atoms with Gasteiger partial charge in [0.05, 0.1) is 13.5 Å². The number of ether oxygens (including phenoxy) is 1. The molecule has 5 heteroatoms. The molecule has 0 N–H and O–H groups in total. The number of benzene rings is 2. The first-order valence-corrected chi connectivity index (χ1v) is 9.77. The maximum atomic E-state index is 11.4. The van der Waals surface area contributed by atoms with Crippen LogP contribution in [0.1, 0.15) is 41.3 Å². The van der Waals surface area contributed by atoms with Crippen LogP contribution >= 0.6 is 11.6 Å². The SMILES string of the molecule is COC(=O)Cc1ccc(Cc2cc(C3CC3)nc(-c3cccc(Cl)c3)n2)cc1. The van der Waals surface area contributed by atoms with Crippen molar-refractivity contribution in [2.24, 2.45) is 0 Å². The van der Waals surface area contributed by atoms with E-state index in [0.29, 0.717) is 17.4 Å². The molecule has 1 saturated carbocycles. The molecule has 0 spiro atoms. The van der Waals surface area contributed by atoms with Crippen molar-refractivity contribution in [3.63, 3.8) is 0 Å². The summed E-state index contributed by atoms with van der Waals surface area (Å²) in [5.74, 6) is 1.04. The highest BCUT2D eigenvalue weighted by molar-refractivity contribution is 6.30. The second-order valence-electron chi connectivity index (χ2n) is 7.14. The molecule has 0 atom stereocenters. The van der Waals surface area contributed by atoms with E-state index in [9.17, 15) is 4.79 Å². The first kappa shape index (κ1) is 18.6. The van der Waals surface area contributed by atoms with Gasteiger partial charge in [0, 0.05) is 34.3 Å². The number of nitrogens with zero attached hydrogens (tertiary/aromatic N) is 2. The molecule has 4 rings (SSSR count). The highest BCUT2D eigenvalue weighted by Gasteiger charge is 2.26. The second-order valence-corrected chi connectivity index (χ2v) is 7.57. The summed E-state index contributed by atoms with van der Waals surface area (Å²) in [6.45, 7) is 0. The van der Waals surface area contributed by atoms with Crippen molar-refractivity contribution in [1.29, 1.82) is 0 Å². The molecule has 1 aliphatic carbocycles. The van der Waals surface area contributed by atoms with E-state index < -0.39 is 0 Å². The lowest BCUT2D eigenvalue weighted by molar-refractivity contribution is -0.139. The van der Waals surface area contributed by atoms with E-state index in [2.05, 4.69) is 6.07 Å². The summed E-state index contributed by atoms with van der Waals surface area (Å²) < 4.78 is 4.72. The highest BCUT2D eigenvalue weighted by Crippen LogP contribution is 2.39.